The molecule has 1 aliphatic heterocycles. The molecular formula is C10H13F4N3O3. The standard InChI is InChI=1S/C10H13F4N3O3/c11-9(12)10(13,14)4-19-3-7-16-8(20-17-7)6-1-5(18)2-15-6/h5-6,9,15,18H,1-4H2. The van der Waals surface area contributed by atoms with Crippen LogP contribution in [0.4, 0.5) is 17.6 Å². The van der Waals surface area contributed by atoms with Crippen molar-refractivity contribution < 1.29 is 31.9 Å². The molecule has 2 rings (SSSR count). The average Bonchev–Trinajstić information content (AvgIpc) is 2.97. The van der Waals surface area contributed by atoms with Gasteiger partial charge < -0.3 is 19.7 Å². The Hall–Kier alpha value is -1.26. The lowest BCUT2D eigenvalue weighted by atomic mass is 10.2. The van der Waals surface area contributed by atoms with Gasteiger partial charge in [0.1, 0.15) is 13.2 Å². The predicted octanol–water partition coefficient (Wildman–Crippen LogP) is 0.882. The van der Waals surface area contributed by atoms with Gasteiger partial charge in [0.05, 0.1) is 12.1 Å². The number of aliphatic hydroxyl groups is 1. The summed E-state index contributed by atoms with van der Waals surface area (Å²) in [6, 6.07) is -0.311. The Bertz CT molecular complexity index is 443. The second-order valence-corrected chi connectivity index (χ2v) is 4.45. The minimum absolute atomic E-state index is 0.0201. The number of alkyl halides is 4. The van der Waals surface area contributed by atoms with E-state index in [4.69, 9.17) is 4.52 Å². The van der Waals surface area contributed by atoms with Crippen molar-refractivity contribution in [3.63, 3.8) is 0 Å². The number of ether oxygens (including phenoxy) is 1. The highest BCUT2D eigenvalue weighted by atomic mass is 19.3. The number of aliphatic hydroxyl groups excluding tert-OH is 1. The average molecular weight is 299 g/mol. The van der Waals surface area contributed by atoms with E-state index in [0.29, 0.717) is 13.0 Å². The van der Waals surface area contributed by atoms with Crippen LogP contribution in [0.5, 0.6) is 0 Å². The van der Waals surface area contributed by atoms with E-state index in [2.05, 4.69) is 20.2 Å². The van der Waals surface area contributed by atoms with E-state index in [1.165, 1.54) is 0 Å². The molecule has 0 saturated carbocycles. The van der Waals surface area contributed by atoms with Crippen LogP contribution in [0.15, 0.2) is 4.52 Å². The lowest BCUT2D eigenvalue weighted by molar-refractivity contribution is -0.168. The molecule has 0 aromatic carbocycles. The fourth-order valence-electron chi connectivity index (χ4n) is 1.71. The van der Waals surface area contributed by atoms with E-state index >= 15 is 0 Å². The first-order valence-corrected chi connectivity index (χ1v) is 5.86. The van der Waals surface area contributed by atoms with Crippen molar-refractivity contribution in [2.24, 2.45) is 0 Å². The van der Waals surface area contributed by atoms with E-state index in [1.807, 2.05) is 0 Å². The number of β-amino-alcohol motifs (C(OH)–C–C–N with tert-alkyl or cyclic N) is 1. The highest BCUT2D eigenvalue weighted by molar-refractivity contribution is 4.96. The lowest BCUT2D eigenvalue weighted by Gasteiger charge is -2.14. The quantitative estimate of drug-likeness (QED) is 0.759. The Morgan fingerprint density at radius 3 is 2.85 bits per heavy atom. The maximum atomic E-state index is 12.6. The molecule has 2 atom stereocenters. The Labute approximate surface area is 111 Å². The molecule has 0 aliphatic carbocycles. The summed E-state index contributed by atoms with van der Waals surface area (Å²) >= 11 is 0. The molecule has 1 fully saturated rings. The van der Waals surface area contributed by atoms with Gasteiger partial charge in [-0.1, -0.05) is 5.16 Å². The summed E-state index contributed by atoms with van der Waals surface area (Å²) in [5.74, 6) is -4.03. The van der Waals surface area contributed by atoms with Crippen LogP contribution < -0.4 is 5.32 Å². The second-order valence-electron chi connectivity index (χ2n) is 4.45. The first-order valence-electron chi connectivity index (χ1n) is 5.86. The molecule has 114 valence electrons. The van der Waals surface area contributed by atoms with Crippen molar-refractivity contribution in [3.05, 3.63) is 11.7 Å². The van der Waals surface area contributed by atoms with Crippen molar-refractivity contribution in [1.29, 1.82) is 0 Å². The molecule has 2 heterocycles. The molecule has 1 saturated heterocycles. The molecule has 20 heavy (non-hydrogen) atoms. The van der Waals surface area contributed by atoms with Crippen molar-refractivity contribution in [1.82, 2.24) is 15.5 Å². The van der Waals surface area contributed by atoms with Crippen LogP contribution in [0.25, 0.3) is 0 Å². The highest BCUT2D eigenvalue weighted by Gasteiger charge is 2.41. The third-order valence-corrected chi connectivity index (χ3v) is 2.73. The van der Waals surface area contributed by atoms with Crippen molar-refractivity contribution in [3.8, 4) is 0 Å². The fraction of sp³-hybridized carbons (Fsp3) is 0.800. The van der Waals surface area contributed by atoms with Crippen LogP contribution >= 0.6 is 0 Å². The first-order chi connectivity index (χ1) is 9.38. The van der Waals surface area contributed by atoms with E-state index in [-0.39, 0.29) is 17.8 Å². The zero-order valence-corrected chi connectivity index (χ0v) is 10.2. The summed E-state index contributed by atoms with van der Waals surface area (Å²) in [5.41, 5.74) is 0. The van der Waals surface area contributed by atoms with Gasteiger partial charge in [0, 0.05) is 6.54 Å². The van der Waals surface area contributed by atoms with E-state index in [1.54, 1.807) is 0 Å². The van der Waals surface area contributed by atoms with Crippen LogP contribution in [0.1, 0.15) is 24.2 Å². The molecule has 1 aliphatic rings. The number of nitrogens with zero attached hydrogens (tertiary/aromatic N) is 2. The van der Waals surface area contributed by atoms with Crippen LogP contribution in [0.3, 0.4) is 0 Å². The minimum Gasteiger partial charge on any atom is -0.392 e. The Morgan fingerprint density at radius 1 is 1.50 bits per heavy atom. The smallest absolute Gasteiger partial charge is 0.330 e. The van der Waals surface area contributed by atoms with Gasteiger partial charge >= 0.3 is 12.3 Å². The van der Waals surface area contributed by atoms with Crippen LogP contribution in [0, 0.1) is 0 Å². The number of hydrogen-bond acceptors (Lipinski definition) is 6. The molecule has 2 unspecified atom stereocenters. The summed E-state index contributed by atoms with van der Waals surface area (Å²) in [6.07, 6.45) is -3.91. The van der Waals surface area contributed by atoms with Crippen LogP contribution in [0.2, 0.25) is 0 Å². The molecule has 10 heteroatoms. The molecule has 1 aromatic heterocycles. The topological polar surface area (TPSA) is 80.4 Å². The molecule has 2 N–H and O–H groups in total. The summed E-state index contributed by atoms with van der Waals surface area (Å²) in [7, 11) is 0. The monoisotopic (exact) mass is 299 g/mol. The van der Waals surface area contributed by atoms with E-state index in [9.17, 15) is 22.7 Å². The minimum atomic E-state index is -4.20. The van der Waals surface area contributed by atoms with Crippen molar-refractivity contribution >= 4 is 0 Å². The van der Waals surface area contributed by atoms with Crippen molar-refractivity contribution in [2.75, 3.05) is 13.2 Å². The molecule has 0 bridgehead atoms. The van der Waals surface area contributed by atoms with Crippen LogP contribution in [-0.4, -0.2) is 46.9 Å². The summed E-state index contributed by atoms with van der Waals surface area (Å²) in [6.45, 7) is -1.49. The van der Waals surface area contributed by atoms with Gasteiger partial charge in [-0.3, -0.25) is 0 Å². The van der Waals surface area contributed by atoms with E-state index < -0.39 is 31.7 Å². The molecule has 6 nitrogen and oxygen atoms in total. The van der Waals surface area contributed by atoms with Gasteiger partial charge in [-0.05, 0) is 6.42 Å². The molecule has 0 radical (unpaired) electrons. The van der Waals surface area contributed by atoms with Gasteiger partial charge in [0.2, 0.25) is 5.89 Å². The van der Waals surface area contributed by atoms with Crippen molar-refractivity contribution in [2.45, 2.75) is 37.5 Å². The number of nitrogens with one attached hydrogen (secondary N) is 1. The lowest BCUT2D eigenvalue weighted by Crippen LogP contribution is -2.32. The summed E-state index contributed by atoms with van der Waals surface area (Å²) in [4.78, 5) is 3.88. The number of hydrogen-bond donors (Lipinski definition) is 2. The predicted molar refractivity (Wildman–Crippen MR) is 56.3 cm³/mol. The van der Waals surface area contributed by atoms with Gasteiger partial charge in [0.25, 0.3) is 0 Å². The highest BCUT2D eigenvalue weighted by Crippen LogP contribution is 2.24. The maximum Gasteiger partial charge on any atom is 0.330 e. The molecule has 1 aromatic rings. The first kappa shape index (κ1) is 15.1. The summed E-state index contributed by atoms with van der Waals surface area (Å²) in [5, 5.41) is 15.7. The Balaban J connectivity index is 1.81. The number of aromatic nitrogens is 2. The molecule has 0 spiro atoms. The third-order valence-electron chi connectivity index (χ3n) is 2.73. The van der Waals surface area contributed by atoms with Crippen LogP contribution in [-0.2, 0) is 11.3 Å². The fourth-order valence-corrected chi connectivity index (χ4v) is 1.71. The van der Waals surface area contributed by atoms with Gasteiger partial charge in [0.15, 0.2) is 5.82 Å². The molecular weight excluding hydrogens is 286 g/mol. The number of halogens is 4. The normalized spacial score (nSPS) is 23.7. The van der Waals surface area contributed by atoms with Gasteiger partial charge in [-0.15, -0.1) is 0 Å². The summed E-state index contributed by atoms with van der Waals surface area (Å²) < 4.78 is 58.2. The van der Waals surface area contributed by atoms with E-state index in [0.717, 1.165) is 0 Å². The second kappa shape index (κ2) is 6.02. The zero-order valence-electron chi connectivity index (χ0n) is 10.2. The van der Waals surface area contributed by atoms with Gasteiger partial charge in [-0.2, -0.15) is 13.8 Å². The van der Waals surface area contributed by atoms with Gasteiger partial charge in [-0.25, -0.2) is 8.78 Å². The maximum absolute atomic E-state index is 12.6. The zero-order chi connectivity index (χ0) is 14.8. The Morgan fingerprint density at radius 2 is 2.25 bits per heavy atom. The Kier molecular flexibility index (Phi) is 4.55. The SMILES string of the molecule is OC1CNC(c2nc(COCC(F)(F)C(F)F)no2)C1. The largest absolute Gasteiger partial charge is 0.392 e. The third kappa shape index (κ3) is 3.64. The number of rotatable bonds is 6. The molecule has 0 amide bonds.